The van der Waals surface area contributed by atoms with E-state index in [1.54, 1.807) is 12.1 Å². The van der Waals surface area contributed by atoms with Crippen molar-refractivity contribution >= 4 is 23.8 Å². The molecule has 0 radical (unpaired) electrons. The molecule has 0 unspecified atom stereocenters. The second kappa shape index (κ2) is 7.17. The van der Waals surface area contributed by atoms with Gasteiger partial charge in [-0.25, -0.2) is 4.79 Å². The van der Waals surface area contributed by atoms with Crippen LogP contribution >= 0.6 is 0 Å². The Kier molecular flexibility index (Phi) is 5.03. The van der Waals surface area contributed by atoms with E-state index in [-0.39, 0.29) is 23.5 Å². The quantitative estimate of drug-likeness (QED) is 0.480. The molecule has 0 aliphatic heterocycles. The number of carbonyl (C=O) groups excluding carboxylic acids is 2. The van der Waals surface area contributed by atoms with Gasteiger partial charge in [0.2, 0.25) is 0 Å². The highest BCUT2D eigenvalue weighted by Crippen LogP contribution is 2.28. The van der Waals surface area contributed by atoms with Crippen molar-refractivity contribution in [3.63, 3.8) is 0 Å². The SMILES string of the molecule is CN(C(=O)OCc1ccccc1)c1ccc(C=O)cc1[N+](=O)[O-]. The average Bonchev–Trinajstić information content (AvgIpc) is 2.59. The van der Waals surface area contributed by atoms with Gasteiger partial charge in [0.15, 0.2) is 0 Å². The van der Waals surface area contributed by atoms with Crippen LogP contribution in [0.3, 0.4) is 0 Å². The number of nitro groups is 1. The molecule has 0 atom stereocenters. The summed E-state index contributed by atoms with van der Waals surface area (Å²) in [6, 6.07) is 12.9. The normalized spacial score (nSPS) is 9.96. The number of anilines is 1. The lowest BCUT2D eigenvalue weighted by Gasteiger charge is -2.17. The average molecular weight is 314 g/mol. The molecule has 7 nitrogen and oxygen atoms in total. The first-order chi connectivity index (χ1) is 11.0. The Bertz CT molecular complexity index is 731. The molecule has 2 aromatic carbocycles. The number of hydrogen-bond donors (Lipinski definition) is 0. The standard InChI is InChI=1S/C16H14N2O5/c1-17(16(20)23-11-12-5-3-2-4-6-12)14-8-7-13(10-19)9-15(14)18(21)22/h2-10H,11H2,1H3. The predicted octanol–water partition coefficient (Wildman–Crippen LogP) is 3.18. The molecule has 0 saturated heterocycles. The molecule has 23 heavy (non-hydrogen) atoms. The van der Waals surface area contributed by atoms with Gasteiger partial charge in [-0.3, -0.25) is 19.8 Å². The van der Waals surface area contributed by atoms with Crippen LogP contribution in [0.1, 0.15) is 15.9 Å². The van der Waals surface area contributed by atoms with Gasteiger partial charge >= 0.3 is 6.09 Å². The van der Waals surface area contributed by atoms with Crippen LogP contribution in [-0.2, 0) is 11.3 Å². The fourth-order valence-corrected chi connectivity index (χ4v) is 1.96. The molecule has 0 aliphatic rings. The molecule has 7 heteroatoms. The van der Waals surface area contributed by atoms with Gasteiger partial charge in [-0.1, -0.05) is 30.3 Å². The fraction of sp³-hybridized carbons (Fsp3) is 0.125. The summed E-state index contributed by atoms with van der Waals surface area (Å²) in [6.45, 7) is 0.0598. The van der Waals surface area contributed by atoms with E-state index >= 15 is 0 Å². The summed E-state index contributed by atoms with van der Waals surface area (Å²) >= 11 is 0. The number of nitrogens with zero attached hydrogens (tertiary/aromatic N) is 2. The number of nitro benzene ring substituents is 1. The second-order valence-electron chi connectivity index (χ2n) is 4.72. The molecule has 0 heterocycles. The van der Waals surface area contributed by atoms with E-state index in [0.717, 1.165) is 16.5 Å². The third-order valence-electron chi connectivity index (χ3n) is 3.17. The molecule has 0 N–H and O–H groups in total. The maximum atomic E-state index is 12.1. The van der Waals surface area contributed by atoms with Crippen LogP contribution < -0.4 is 4.90 Å². The lowest BCUT2D eigenvalue weighted by atomic mass is 10.2. The number of amides is 1. The summed E-state index contributed by atoms with van der Waals surface area (Å²) in [4.78, 5) is 34.3. The molecule has 2 aromatic rings. The zero-order valence-corrected chi connectivity index (χ0v) is 12.3. The van der Waals surface area contributed by atoms with Gasteiger partial charge < -0.3 is 4.74 Å². The van der Waals surface area contributed by atoms with Crippen molar-refractivity contribution in [2.24, 2.45) is 0 Å². The number of hydrogen-bond acceptors (Lipinski definition) is 5. The lowest BCUT2D eigenvalue weighted by molar-refractivity contribution is -0.384. The topological polar surface area (TPSA) is 89.8 Å². The Morgan fingerprint density at radius 1 is 1.26 bits per heavy atom. The Labute approximate surface area is 132 Å². The van der Waals surface area contributed by atoms with Crippen molar-refractivity contribution < 1.29 is 19.2 Å². The molecular formula is C16H14N2O5. The van der Waals surface area contributed by atoms with E-state index in [9.17, 15) is 19.7 Å². The van der Waals surface area contributed by atoms with E-state index in [2.05, 4.69) is 0 Å². The van der Waals surface area contributed by atoms with Crippen molar-refractivity contribution in [1.29, 1.82) is 0 Å². The molecule has 1 amide bonds. The van der Waals surface area contributed by atoms with Gasteiger partial charge in [0, 0.05) is 18.7 Å². The number of carbonyl (C=O) groups is 2. The first-order valence-electron chi connectivity index (χ1n) is 6.71. The van der Waals surface area contributed by atoms with Crippen molar-refractivity contribution in [3.05, 3.63) is 69.8 Å². The maximum absolute atomic E-state index is 12.1. The predicted molar refractivity (Wildman–Crippen MR) is 83.5 cm³/mol. The third-order valence-corrected chi connectivity index (χ3v) is 3.17. The van der Waals surface area contributed by atoms with E-state index in [1.165, 1.54) is 19.2 Å². The smallest absolute Gasteiger partial charge is 0.414 e. The van der Waals surface area contributed by atoms with Gasteiger partial charge in [0.05, 0.1) is 4.92 Å². The van der Waals surface area contributed by atoms with Gasteiger partial charge in [0.1, 0.15) is 18.6 Å². The van der Waals surface area contributed by atoms with Crippen molar-refractivity contribution in [3.8, 4) is 0 Å². The number of rotatable bonds is 5. The molecule has 0 bridgehead atoms. The van der Waals surface area contributed by atoms with E-state index in [1.807, 2.05) is 18.2 Å². The van der Waals surface area contributed by atoms with Gasteiger partial charge in [-0.05, 0) is 17.7 Å². The number of ether oxygens (including phenoxy) is 1. The summed E-state index contributed by atoms with van der Waals surface area (Å²) in [5.41, 5.74) is 0.680. The van der Waals surface area contributed by atoms with Crippen LogP contribution in [-0.4, -0.2) is 24.4 Å². The minimum atomic E-state index is -0.726. The van der Waals surface area contributed by atoms with Crippen molar-refractivity contribution in [2.75, 3.05) is 11.9 Å². The first-order valence-corrected chi connectivity index (χ1v) is 6.71. The van der Waals surface area contributed by atoms with Crippen LogP contribution in [0, 0.1) is 10.1 Å². The van der Waals surface area contributed by atoms with Crippen LogP contribution in [0.15, 0.2) is 48.5 Å². The zero-order valence-electron chi connectivity index (χ0n) is 12.3. The molecule has 0 aliphatic carbocycles. The molecule has 0 saturated carbocycles. The number of aldehydes is 1. The minimum absolute atomic E-state index is 0.0543. The monoisotopic (exact) mass is 314 g/mol. The molecule has 118 valence electrons. The molecular weight excluding hydrogens is 300 g/mol. The van der Waals surface area contributed by atoms with E-state index < -0.39 is 11.0 Å². The van der Waals surface area contributed by atoms with Crippen molar-refractivity contribution in [1.82, 2.24) is 0 Å². The van der Waals surface area contributed by atoms with Crippen molar-refractivity contribution in [2.45, 2.75) is 6.61 Å². The Hall–Kier alpha value is -3.22. The summed E-state index contributed by atoms with van der Waals surface area (Å²) < 4.78 is 5.13. The molecule has 0 spiro atoms. The Morgan fingerprint density at radius 2 is 1.96 bits per heavy atom. The molecule has 0 fully saturated rings. The van der Waals surface area contributed by atoms with Gasteiger partial charge in [0.25, 0.3) is 5.69 Å². The largest absolute Gasteiger partial charge is 0.444 e. The van der Waals surface area contributed by atoms with Gasteiger partial charge in [-0.15, -0.1) is 0 Å². The van der Waals surface area contributed by atoms with E-state index in [0.29, 0.717) is 6.29 Å². The molecule has 2 rings (SSSR count). The van der Waals surface area contributed by atoms with Gasteiger partial charge in [-0.2, -0.15) is 0 Å². The Balaban J connectivity index is 2.15. The fourth-order valence-electron chi connectivity index (χ4n) is 1.96. The van der Waals surface area contributed by atoms with Crippen LogP contribution in [0.5, 0.6) is 0 Å². The summed E-state index contributed by atoms with van der Waals surface area (Å²) in [7, 11) is 1.37. The summed E-state index contributed by atoms with van der Waals surface area (Å²) in [5, 5.41) is 11.1. The highest BCUT2D eigenvalue weighted by atomic mass is 16.6. The second-order valence-corrected chi connectivity index (χ2v) is 4.72. The van der Waals surface area contributed by atoms with Crippen LogP contribution in [0.4, 0.5) is 16.2 Å². The molecule has 0 aromatic heterocycles. The maximum Gasteiger partial charge on any atom is 0.414 e. The van der Waals surface area contributed by atoms with E-state index in [4.69, 9.17) is 4.74 Å². The van der Waals surface area contributed by atoms with Crippen LogP contribution in [0.25, 0.3) is 0 Å². The highest BCUT2D eigenvalue weighted by Gasteiger charge is 2.22. The highest BCUT2D eigenvalue weighted by molar-refractivity contribution is 5.91. The first kappa shape index (κ1) is 16.2. The summed E-state index contributed by atoms with van der Waals surface area (Å²) in [6.07, 6.45) is -0.222. The summed E-state index contributed by atoms with van der Waals surface area (Å²) in [5.74, 6) is 0. The Morgan fingerprint density at radius 3 is 2.57 bits per heavy atom. The minimum Gasteiger partial charge on any atom is -0.444 e. The third kappa shape index (κ3) is 3.91. The zero-order chi connectivity index (χ0) is 16.8. The van der Waals surface area contributed by atoms with Crippen LogP contribution in [0.2, 0.25) is 0 Å². The number of benzene rings is 2. The lowest BCUT2D eigenvalue weighted by Crippen LogP contribution is -2.27.